The number of carboxylic acid groups (broad SMARTS) is 1. The van der Waals surface area contributed by atoms with Crippen LogP contribution in [0.15, 0.2) is 26.3 Å². The molecule has 4 rings (SSSR count). The maximum Gasteiger partial charge on any atom is 1.00 e. The number of nitrogens with one attached hydrogen (secondary N) is 1. The number of aryl methyl sites for hydroxylation is 1. The molecular formula is C16H15Cl2N8NaO4S3. The van der Waals surface area contributed by atoms with Gasteiger partial charge in [-0.05, 0) is 16.0 Å². The van der Waals surface area contributed by atoms with Crippen LogP contribution in [0.3, 0.4) is 0 Å². The molecule has 1 unspecified atom stereocenters. The number of fused-ring (bicyclic) bond motifs is 1. The van der Waals surface area contributed by atoms with Gasteiger partial charge in [-0.2, -0.15) is 0 Å². The van der Waals surface area contributed by atoms with Crippen molar-refractivity contribution in [3.63, 3.8) is 0 Å². The van der Waals surface area contributed by atoms with Gasteiger partial charge in [0.1, 0.15) is 21.6 Å². The van der Waals surface area contributed by atoms with Crippen molar-refractivity contribution in [2.24, 2.45) is 7.05 Å². The summed E-state index contributed by atoms with van der Waals surface area (Å²) in [6.07, 6.45) is 0. The maximum absolute atomic E-state index is 12.9. The molecule has 1 fully saturated rings. The van der Waals surface area contributed by atoms with Gasteiger partial charge in [-0.15, -0.1) is 28.2 Å². The molecule has 0 spiro atoms. The average molecular weight is 573 g/mol. The molecule has 0 aromatic carbocycles. The molecule has 0 saturated carbocycles. The molecule has 2 aromatic heterocycles. The van der Waals surface area contributed by atoms with Gasteiger partial charge in [0.2, 0.25) is 5.16 Å². The Morgan fingerprint density at radius 1 is 1.44 bits per heavy atom. The number of carboxylic acids is 1. The van der Waals surface area contributed by atoms with Crippen LogP contribution >= 0.6 is 58.1 Å². The fourth-order valence-corrected chi connectivity index (χ4v) is 6.46. The molecular weight excluding hydrogens is 558 g/mol. The predicted octanol–water partition coefficient (Wildman–Crippen LogP) is -1.96. The standard InChI is InChI=1S/C16H14Cl2N8O4S3.Na.H/c1-25-16(22-23-24-25)33-3-5-2-31-13-8(12(28)26(13)9(5)14(29)30)21-11(27)7(10(17)18)6-4-32-15(19)20-6;;/h4,8,13H,2-3H2,1H3,(H2,19,20)(H,21,27)(H,29,30);;/q;+1;-1/t8?,13-;;/m1../s1. The van der Waals surface area contributed by atoms with E-state index in [0.717, 1.165) is 11.3 Å². The normalized spacial score (nSPS) is 19.1. The zero-order valence-electron chi connectivity index (χ0n) is 18.6. The average Bonchev–Trinajstić information content (AvgIpc) is 3.37. The van der Waals surface area contributed by atoms with Crippen LogP contribution < -0.4 is 40.6 Å². The summed E-state index contributed by atoms with van der Waals surface area (Å²) in [5.41, 5.74) is 6.12. The number of thioether (sulfide) groups is 2. The number of rotatable bonds is 7. The summed E-state index contributed by atoms with van der Waals surface area (Å²) in [5.74, 6) is -1.86. The van der Waals surface area contributed by atoms with Crippen molar-refractivity contribution in [3.8, 4) is 0 Å². The summed E-state index contributed by atoms with van der Waals surface area (Å²) < 4.78 is 1.13. The van der Waals surface area contributed by atoms with Crippen molar-refractivity contribution in [2.75, 3.05) is 17.2 Å². The number of halogens is 2. The quantitative estimate of drug-likeness (QED) is 0.146. The van der Waals surface area contributed by atoms with Gasteiger partial charge < -0.3 is 17.6 Å². The van der Waals surface area contributed by atoms with Gasteiger partial charge >= 0.3 is 35.5 Å². The molecule has 18 heteroatoms. The van der Waals surface area contributed by atoms with Crippen molar-refractivity contribution in [1.29, 1.82) is 0 Å². The van der Waals surface area contributed by atoms with Crippen LogP contribution in [0, 0.1) is 0 Å². The van der Waals surface area contributed by atoms with E-state index in [9.17, 15) is 19.5 Å². The number of nitrogens with two attached hydrogens (primary N) is 1. The van der Waals surface area contributed by atoms with Crippen LogP contribution in [0.4, 0.5) is 5.13 Å². The molecule has 0 aliphatic carbocycles. The van der Waals surface area contributed by atoms with Crippen molar-refractivity contribution in [2.45, 2.75) is 16.6 Å². The Bertz CT molecular complexity index is 1220. The van der Waals surface area contributed by atoms with Gasteiger partial charge in [0.05, 0.1) is 11.3 Å². The summed E-state index contributed by atoms with van der Waals surface area (Å²) in [6.45, 7) is 0. The van der Waals surface area contributed by atoms with E-state index in [-0.39, 0.29) is 63.3 Å². The van der Waals surface area contributed by atoms with Gasteiger partial charge in [-0.1, -0.05) is 35.0 Å². The second kappa shape index (κ2) is 11.2. The second-order valence-corrected chi connectivity index (χ2v) is 10.6. The summed E-state index contributed by atoms with van der Waals surface area (Å²) in [6, 6.07) is -0.951. The van der Waals surface area contributed by atoms with Crippen molar-refractivity contribution in [3.05, 3.63) is 26.8 Å². The minimum absolute atomic E-state index is 0. The molecule has 12 nitrogen and oxygen atoms in total. The number of thiazole rings is 1. The zero-order chi connectivity index (χ0) is 23.9. The number of anilines is 1. The summed E-state index contributed by atoms with van der Waals surface area (Å²) >= 11 is 15.5. The smallest absolute Gasteiger partial charge is 1.00 e. The number of hydrogen-bond acceptors (Lipinski definition) is 11. The number of β-lactam (4-membered cyclic amide) rings is 1. The maximum atomic E-state index is 12.9. The van der Waals surface area contributed by atoms with Crippen LogP contribution in [0.2, 0.25) is 0 Å². The van der Waals surface area contributed by atoms with E-state index in [1.807, 2.05) is 0 Å². The van der Waals surface area contributed by atoms with E-state index in [1.54, 1.807) is 7.05 Å². The minimum Gasteiger partial charge on any atom is -1.00 e. The number of nitrogens with zero attached hydrogens (tertiary/aromatic N) is 6. The molecule has 2 aliphatic rings. The second-order valence-electron chi connectivity index (χ2n) is 6.70. The van der Waals surface area contributed by atoms with Gasteiger partial charge in [-0.25, -0.2) is 14.5 Å². The van der Waals surface area contributed by atoms with E-state index in [1.165, 1.54) is 38.5 Å². The Morgan fingerprint density at radius 2 is 2.18 bits per heavy atom. The Morgan fingerprint density at radius 3 is 2.74 bits per heavy atom. The fraction of sp³-hybridized carbons (Fsp3) is 0.312. The van der Waals surface area contributed by atoms with E-state index >= 15 is 0 Å². The number of carbonyl (C=O) groups excluding carboxylic acids is 2. The monoisotopic (exact) mass is 572 g/mol. The Balaban J connectivity index is 0.00000216. The molecule has 2 atom stereocenters. The molecule has 34 heavy (non-hydrogen) atoms. The number of hydrogen-bond donors (Lipinski definition) is 3. The van der Waals surface area contributed by atoms with E-state index in [0.29, 0.717) is 16.5 Å². The van der Waals surface area contributed by atoms with Gasteiger partial charge in [0.15, 0.2) is 5.13 Å². The number of nitrogen functional groups attached to an aromatic ring is 1. The summed E-state index contributed by atoms with van der Waals surface area (Å²) in [5, 5.41) is 25.2. The first-order chi connectivity index (χ1) is 15.7. The largest absolute Gasteiger partial charge is 1.00 e. The first-order valence-corrected chi connectivity index (χ1v) is 12.7. The SMILES string of the molecule is Cn1nnnc1SCC1=C(C(=O)O)N2C(=O)C(NC(=O)C(=C(Cl)Cl)c3csc(N)n3)[C@H]2SC1.[H-].[Na+]. The predicted molar refractivity (Wildman–Crippen MR) is 125 cm³/mol. The molecule has 2 aromatic rings. The third kappa shape index (κ3) is 5.26. The van der Waals surface area contributed by atoms with E-state index < -0.39 is 29.2 Å². The third-order valence-corrected chi connectivity index (χ3v) is 8.18. The number of aromatic nitrogens is 5. The molecule has 0 bridgehead atoms. The Labute approximate surface area is 238 Å². The fourth-order valence-electron chi connectivity index (χ4n) is 3.20. The molecule has 2 aliphatic heterocycles. The summed E-state index contributed by atoms with van der Waals surface area (Å²) in [4.78, 5) is 42.8. The van der Waals surface area contributed by atoms with Crippen molar-refractivity contribution < 1.29 is 50.5 Å². The first kappa shape index (κ1) is 27.3. The van der Waals surface area contributed by atoms with Gasteiger partial charge in [0.25, 0.3) is 11.8 Å². The van der Waals surface area contributed by atoms with Crippen LogP contribution in [0.25, 0.3) is 5.57 Å². The van der Waals surface area contributed by atoms with Crippen LogP contribution in [-0.4, -0.2) is 75.9 Å². The van der Waals surface area contributed by atoms with Crippen LogP contribution in [0.5, 0.6) is 0 Å². The number of amides is 2. The first-order valence-electron chi connectivity index (χ1n) is 9.01. The number of aliphatic carboxylic acids is 1. The number of tetrazole rings is 1. The van der Waals surface area contributed by atoms with Gasteiger partial charge in [-0.3, -0.25) is 14.5 Å². The summed E-state index contributed by atoms with van der Waals surface area (Å²) in [7, 11) is 1.67. The van der Waals surface area contributed by atoms with Gasteiger partial charge in [0, 0.05) is 23.9 Å². The molecule has 176 valence electrons. The molecule has 4 heterocycles. The molecule has 1 saturated heterocycles. The zero-order valence-corrected chi connectivity index (χ0v) is 23.5. The number of carbonyl (C=O) groups is 3. The topological polar surface area (TPSA) is 169 Å². The third-order valence-electron chi connectivity index (χ3n) is 4.69. The minimum atomic E-state index is -1.23. The van der Waals surface area contributed by atoms with Crippen LogP contribution in [-0.2, 0) is 21.4 Å². The van der Waals surface area contributed by atoms with Crippen molar-refractivity contribution >= 4 is 86.6 Å². The van der Waals surface area contributed by atoms with E-state index in [4.69, 9.17) is 28.9 Å². The van der Waals surface area contributed by atoms with Crippen LogP contribution in [0.1, 0.15) is 7.12 Å². The van der Waals surface area contributed by atoms with E-state index in [2.05, 4.69) is 25.8 Å². The Kier molecular flexibility index (Phi) is 8.95. The Hall–Kier alpha value is -1.33. The molecule has 2 amide bonds. The van der Waals surface area contributed by atoms with Crippen molar-refractivity contribution in [1.82, 2.24) is 35.4 Å². The molecule has 0 radical (unpaired) electrons. The molecule has 4 N–H and O–H groups in total.